The fourth-order valence-corrected chi connectivity index (χ4v) is 3.42. The first-order valence-electron chi connectivity index (χ1n) is 7.55. The van der Waals surface area contributed by atoms with E-state index in [0.29, 0.717) is 5.92 Å². The molecule has 1 fully saturated rings. The van der Waals surface area contributed by atoms with E-state index in [9.17, 15) is 0 Å². The number of rotatable bonds is 4. The number of nitrogens with two attached hydrogens (primary N) is 1. The Balaban J connectivity index is 2.12. The van der Waals surface area contributed by atoms with E-state index in [2.05, 4.69) is 37.2 Å². The summed E-state index contributed by atoms with van der Waals surface area (Å²) in [6.45, 7) is 6.52. The van der Waals surface area contributed by atoms with Crippen molar-refractivity contribution in [2.75, 3.05) is 0 Å². The highest BCUT2D eigenvalue weighted by molar-refractivity contribution is 5.26. The number of aromatic nitrogens is 1. The third-order valence-corrected chi connectivity index (χ3v) is 4.67. The first-order chi connectivity index (χ1) is 9.15. The van der Waals surface area contributed by atoms with E-state index in [1.54, 1.807) is 0 Å². The van der Waals surface area contributed by atoms with Crippen LogP contribution in [0.15, 0.2) is 12.3 Å². The van der Waals surface area contributed by atoms with Crippen molar-refractivity contribution in [2.45, 2.75) is 58.9 Å². The lowest BCUT2D eigenvalue weighted by Crippen LogP contribution is -2.36. The maximum Gasteiger partial charge on any atom is 0.0662 e. The van der Waals surface area contributed by atoms with E-state index < -0.39 is 0 Å². The van der Waals surface area contributed by atoms with Gasteiger partial charge in [0.1, 0.15) is 0 Å². The molecule has 19 heavy (non-hydrogen) atoms. The summed E-state index contributed by atoms with van der Waals surface area (Å²) < 4.78 is 0. The van der Waals surface area contributed by atoms with Gasteiger partial charge < -0.3 is 0 Å². The maximum absolute atomic E-state index is 5.82. The fourth-order valence-electron chi connectivity index (χ4n) is 3.42. The van der Waals surface area contributed by atoms with Crippen LogP contribution in [-0.2, 0) is 0 Å². The monoisotopic (exact) mass is 261 g/mol. The molecular formula is C16H27N3. The molecule has 106 valence electrons. The Labute approximate surface area is 117 Å². The van der Waals surface area contributed by atoms with Crippen molar-refractivity contribution in [1.82, 2.24) is 10.4 Å². The number of hydrogen-bond acceptors (Lipinski definition) is 3. The van der Waals surface area contributed by atoms with Gasteiger partial charge in [-0.1, -0.05) is 32.3 Å². The molecule has 3 nitrogen and oxygen atoms in total. The first-order valence-corrected chi connectivity index (χ1v) is 7.55. The molecule has 0 radical (unpaired) electrons. The molecule has 1 heterocycles. The molecule has 0 aromatic carbocycles. The van der Waals surface area contributed by atoms with Crippen molar-refractivity contribution in [3.05, 3.63) is 29.1 Å². The molecule has 3 heteroatoms. The summed E-state index contributed by atoms with van der Waals surface area (Å²) in [5.41, 5.74) is 6.62. The topological polar surface area (TPSA) is 50.9 Å². The van der Waals surface area contributed by atoms with Crippen LogP contribution >= 0.6 is 0 Å². The molecular weight excluding hydrogens is 234 g/mol. The maximum atomic E-state index is 5.82. The molecule has 1 aromatic heterocycles. The van der Waals surface area contributed by atoms with E-state index in [1.165, 1.54) is 43.2 Å². The summed E-state index contributed by atoms with van der Waals surface area (Å²) in [5.74, 6) is 7.36. The number of hydrazine groups is 1. The van der Waals surface area contributed by atoms with Crippen LogP contribution in [0.4, 0.5) is 0 Å². The molecule has 3 N–H and O–H groups in total. The van der Waals surface area contributed by atoms with Gasteiger partial charge in [-0.25, -0.2) is 0 Å². The molecule has 0 amide bonds. The average Bonchev–Trinajstić information content (AvgIpc) is 2.42. The summed E-state index contributed by atoms with van der Waals surface area (Å²) in [6, 6.07) is 2.41. The van der Waals surface area contributed by atoms with Gasteiger partial charge in [-0.05, 0) is 49.7 Å². The van der Waals surface area contributed by atoms with Gasteiger partial charge in [-0.3, -0.25) is 16.3 Å². The van der Waals surface area contributed by atoms with Crippen LogP contribution in [-0.4, -0.2) is 4.98 Å². The van der Waals surface area contributed by atoms with Crippen LogP contribution in [0, 0.1) is 25.7 Å². The van der Waals surface area contributed by atoms with E-state index in [1.807, 2.05) is 6.20 Å². The lowest BCUT2D eigenvalue weighted by molar-refractivity contribution is 0.216. The van der Waals surface area contributed by atoms with Gasteiger partial charge >= 0.3 is 0 Å². The minimum atomic E-state index is 0.207. The number of hydrogen-bond donors (Lipinski definition) is 2. The highest BCUT2D eigenvalue weighted by Gasteiger charge is 2.29. The van der Waals surface area contributed by atoms with Crippen molar-refractivity contribution in [2.24, 2.45) is 17.7 Å². The first kappa shape index (κ1) is 14.5. The third-order valence-electron chi connectivity index (χ3n) is 4.67. The van der Waals surface area contributed by atoms with E-state index in [-0.39, 0.29) is 6.04 Å². The number of nitrogens with one attached hydrogen (secondary N) is 1. The average molecular weight is 261 g/mol. The minimum Gasteiger partial charge on any atom is -0.271 e. The molecule has 0 saturated heterocycles. The lowest BCUT2D eigenvalue weighted by Gasteiger charge is -2.33. The van der Waals surface area contributed by atoms with Crippen molar-refractivity contribution in [3.63, 3.8) is 0 Å². The molecule has 1 saturated carbocycles. The van der Waals surface area contributed by atoms with E-state index in [0.717, 1.165) is 11.6 Å². The van der Waals surface area contributed by atoms with Crippen LogP contribution in [0.3, 0.4) is 0 Å². The zero-order valence-electron chi connectivity index (χ0n) is 12.4. The Morgan fingerprint density at radius 1 is 1.32 bits per heavy atom. The molecule has 0 aliphatic heterocycles. The zero-order chi connectivity index (χ0) is 13.8. The van der Waals surface area contributed by atoms with Gasteiger partial charge in [0, 0.05) is 6.20 Å². The summed E-state index contributed by atoms with van der Waals surface area (Å²) >= 11 is 0. The lowest BCUT2D eigenvalue weighted by atomic mass is 9.76. The Bertz CT molecular complexity index is 408. The van der Waals surface area contributed by atoms with Crippen LogP contribution in [0.5, 0.6) is 0 Å². The predicted molar refractivity (Wildman–Crippen MR) is 79.5 cm³/mol. The highest BCUT2D eigenvalue weighted by atomic mass is 15.2. The SMILES string of the molecule is CCC1CCC(C(NN)c2ncc(C)cc2C)CC1. The van der Waals surface area contributed by atoms with Gasteiger partial charge in [-0.2, -0.15) is 0 Å². The molecule has 0 bridgehead atoms. The van der Waals surface area contributed by atoms with Crippen molar-refractivity contribution < 1.29 is 0 Å². The summed E-state index contributed by atoms with van der Waals surface area (Å²) in [4.78, 5) is 4.62. The minimum absolute atomic E-state index is 0.207. The van der Waals surface area contributed by atoms with Crippen LogP contribution < -0.4 is 11.3 Å². The summed E-state index contributed by atoms with van der Waals surface area (Å²) in [5, 5.41) is 0. The molecule has 1 aliphatic carbocycles. The quantitative estimate of drug-likeness (QED) is 0.645. The second-order valence-electron chi connectivity index (χ2n) is 6.05. The normalized spacial score (nSPS) is 25.3. The van der Waals surface area contributed by atoms with Gasteiger partial charge in [0.25, 0.3) is 0 Å². The summed E-state index contributed by atoms with van der Waals surface area (Å²) in [7, 11) is 0. The Hall–Kier alpha value is -0.930. The number of nitrogens with zero attached hydrogens (tertiary/aromatic N) is 1. The van der Waals surface area contributed by atoms with E-state index in [4.69, 9.17) is 5.84 Å². The van der Waals surface area contributed by atoms with Gasteiger partial charge in [0.15, 0.2) is 0 Å². The highest BCUT2D eigenvalue weighted by Crippen LogP contribution is 2.37. The standard InChI is InChI=1S/C16H27N3/c1-4-13-5-7-14(8-6-13)16(19-17)15-12(3)9-11(2)10-18-15/h9-10,13-14,16,19H,4-8,17H2,1-3H3. The zero-order valence-corrected chi connectivity index (χ0v) is 12.4. The van der Waals surface area contributed by atoms with Crippen molar-refractivity contribution in [3.8, 4) is 0 Å². The number of pyridine rings is 1. The fraction of sp³-hybridized carbons (Fsp3) is 0.688. The Kier molecular flexibility index (Phi) is 4.94. The van der Waals surface area contributed by atoms with E-state index >= 15 is 0 Å². The molecule has 0 spiro atoms. The van der Waals surface area contributed by atoms with Gasteiger partial charge in [0.2, 0.25) is 0 Å². The molecule has 1 aliphatic rings. The second-order valence-corrected chi connectivity index (χ2v) is 6.05. The van der Waals surface area contributed by atoms with Crippen LogP contribution in [0.25, 0.3) is 0 Å². The number of aryl methyl sites for hydroxylation is 2. The predicted octanol–water partition coefficient (Wildman–Crippen LogP) is 3.42. The Morgan fingerprint density at radius 3 is 2.53 bits per heavy atom. The van der Waals surface area contributed by atoms with Gasteiger partial charge in [-0.15, -0.1) is 0 Å². The Morgan fingerprint density at radius 2 is 2.00 bits per heavy atom. The van der Waals surface area contributed by atoms with Crippen molar-refractivity contribution >= 4 is 0 Å². The van der Waals surface area contributed by atoms with Crippen LogP contribution in [0.2, 0.25) is 0 Å². The summed E-state index contributed by atoms with van der Waals surface area (Å²) in [6.07, 6.45) is 8.47. The largest absolute Gasteiger partial charge is 0.271 e. The van der Waals surface area contributed by atoms with Gasteiger partial charge in [0.05, 0.1) is 11.7 Å². The second kappa shape index (κ2) is 6.49. The third kappa shape index (κ3) is 3.34. The molecule has 1 aromatic rings. The van der Waals surface area contributed by atoms with Crippen molar-refractivity contribution in [1.29, 1.82) is 0 Å². The molecule has 1 unspecified atom stereocenters. The van der Waals surface area contributed by atoms with Crippen LogP contribution in [0.1, 0.15) is 61.9 Å². The molecule has 1 atom stereocenters. The smallest absolute Gasteiger partial charge is 0.0662 e. The molecule has 2 rings (SSSR count).